The van der Waals surface area contributed by atoms with E-state index in [4.69, 9.17) is 4.98 Å². The average molecular weight is 337 g/mol. The SMILES string of the molecule is CCc1c(C)nc(C)nc1N1CCN(c2ncnc3[nH]ccc23)CC1. The molecule has 4 rings (SSSR count). The zero-order valence-corrected chi connectivity index (χ0v) is 15.0. The predicted octanol–water partition coefficient (Wildman–Crippen LogP) is 2.25. The zero-order valence-electron chi connectivity index (χ0n) is 15.0. The molecule has 7 heteroatoms. The summed E-state index contributed by atoms with van der Waals surface area (Å²) in [6, 6.07) is 2.05. The smallest absolute Gasteiger partial charge is 0.142 e. The van der Waals surface area contributed by atoms with Gasteiger partial charge in [0.1, 0.15) is 29.4 Å². The van der Waals surface area contributed by atoms with E-state index in [0.717, 1.165) is 66.8 Å². The summed E-state index contributed by atoms with van der Waals surface area (Å²) in [6.45, 7) is 9.92. The first-order valence-electron chi connectivity index (χ1n) is 8.79. The number of nitrogens with zero attached hydrogens (tertiary/aromatic N) is 6. The number of anilines is 2. The molecule has 1 saturated heterocycles. The fourth-order valence-electron chi connectivity index (χ4n) is 3.63. The third-order valence-corrected chi connectivity index (χ3v) is 4.87. The van der Waals surface area contributed by atoms with Gasteiger partial charge in [0.05, 0.1) is 5.39 Å². The molecule has 1 N–H and O–H groups in total. The molecule has 130 valence electrons. The van der Waals surface area contributed by atoms with Gasteiger partial charge in [0.2, 0.25) is 0 Å². The van der Waals surface area contributed by atoms with E-state index in [0.29, 0.717) is 0 Å². The fraction of sp³-hybridized carbons (Fsp3) is 0.444. The first kappa shape index (κ1) is 15.8. The average Bonchev–Trinajstić information content (AvgIpc) is 3.10. The molecule has 0 atom stereocenters. The summed E-state index contributed by atoms with van der Waals surface area (Å²) >= 11 is 0. The molecule has 3 aromatic heterocycles. The molecule has 0 radical (unpaired) electrons. The first-order chi connectivity index (χ1) is 12.2. The molecule has 4 heterocycles. The van der Waals surface area contributed by atoms with Crippen LogP contribution in [0.3, 0.4) is 0 Å². The Morgan fingerprint density at radius 2 is 1.72 bits per heavy atom. The van der Waals surface area contributed by atoms with Crippen molar-refractivity contribution in [2.45, 2.75) is 27.2 Å². The molecule has 0 aromatic carbocycles. The topological polar surface area (TPSA) is 73.8 Å². The van der Waals surface area contributed by atoms with Crippen LogP contribution in [0.15, 0.2) is 18.6 Å². The molecular formula is C18H23N7. The summed E-state index contributed by atoms with van der Waals surface area (Å²) < 4.78 is 0. The van der Waals surface area contributed by atoms with Gasteiger partial charge in [-0.15, -0.1) is 0 Å². The number of aromatic nitrogens is 5. The Kier molecular flexibility index (Phi) is 3.99. The van der Waals surface area contributed by atoms with Crippen molar-refractivity contribution in [3.63, 3.8) is 0 Å². The van der Waals surface area contributed by atoms with Gasteiger partial charge in [-0.25, -0.2) is 19.9 Å². The van der Waals surface area contributed by atoms with E-state index < -0.39 is 0 Å². The molecule has 3 aromatic rings. The highest BCUT2D eigenvalue weighted by atomic mass is 15.3. The minimum atomic E-state index is 0.844. The number of nitrogens with one attached hydrogen (secondary N) is 1. The monoisotopic (exact) mass is 337 g/mol. The van der Waals surface area contributed by atoms with Crippen LogP contribution in [-0.4, -0.2) is 51.1 Å². The third kappa shape index (κ3) is 2.79. The molecular weight excluding hydrogens is 314 g/mol. The lowest BCUT2D eigenvalue weighted by atomic mass is 10.1. The van der Waals surface area contributed by atoms with Gasteiger partial charge in [0.15, 0.2) is 0 Å². The summed E-state index contributed by atoms with van der Waals surface area (Å²) in [4.78, 5) is 25.9. The molecule has 0 unspecified atom stereocenters. The highest BCUT2D eigenvalue weighted by Crippen LogP contribution is 2.26. The van der Waals surface area contributed by atoms with E-state index in [-0.39, 0.29) is 0 Å². The van der Waals surface area contributed by atoms with Crippen molar-refractivity contribution >= 4 is 22.7 Å². The molecule has 0 spiro atoms. The fourth-order valence-corrected chi connectivity index (χ4v) is 3.63. The quantitative estimate of drug-likeness (QED) is 0.790. The van der Waals surface area contributed by atoms with Crippen molar-refractivity contribution in [3.05, 3.63) is 35.7 Å². The highest BCUT2D eigenvalue weighted by molar-refractivity contribution is 5.87. The standard InChI is InChI=1S/C18H23N7/c1-4-14-12(2)22-13(3)23-18(14)25-9-7-24(8-10-25)17-15-5-6-19-16(15)20-11-21-17/h5-6,11H,4,7-10H2,1-3H3,(H,19,20,21). The van der Waals surface area contributed by atoms with E-state index in [9.17, 15) is 0 Å². The zero-order chi connectivity index (χ0) is 17.4. The lowest BCUT2D eigenvalue weighted by Crippen LogP contribution is -2.47. The van der Waals surface area contributed by atoms with Crippen LogP contribution in [0, 0.1) is 13.8 Å². The summed E-state index contributed by atoms with van der Waals surface area (Å²) in [6.07, 6.45) is 4.50. The normalized spacial score (nSPS) is 15.2. The van der Waals surface area contributed by atoms with E-state index in [2.05, 4.69) is 43.6 Å². The van der Waals surface area contributed by atoms with Crippen LogP contribution in [0.4, 0.5) is 11.6 Å². The molecule has 0 bridgehead atoms. The van der Waals surface area contributed by atoms with Crippen molar-refractivity contribution in [3.8, 4) is 0 Å². The molecule has 1 fully saturated rings. The van der Waals surface area contributed by atoms with Gasteiger partial charge in [-0.3, -0.25) is 0 Å². The molecule has 25 heavy (non-hydrogen) atoms. The van der Waals surface area contributed by atoms with Crippen molar-refractivity contribution in [1.29, 1.82) is 0 Å². The van der Waals surface area contributed by atoms with Gasteiger partial charge in [0, 0.05) is 43.6 Å². The maximum Gasteiger partial charge on any atom is 0.142 e. The van der Waals surface area contributed by atoms with E-state index >= 15 is 0 Å². The molecule has 1 aliphatic heterocycles. The molecule has 0 aliphatic carbocycles. The Labute approximate surface area is 147 Å². The summed E-state index contributed by atoms with van der Waals surface area (Å²) in [5.41, 5.74) is 3.24. The van der Waals surface area contributed by atoms with Crippen LogP contribution in [0.2, 0.25) is 0 Å². The summed E-state index contributed by atoms with van der Waals surface area (Å²) in [5.74, 6) is 2.95. The van der Waals surface area contributed by atoms with Crippen molar-refractivity contribution < 1.29 is 0 Å². The van der Waals surface area contributed by atoms with Gasteiger partial charge in [-0.2, -0.15) is 0 Å². The third-order valence-electron chi connectivity index (χ3n) is 4.87. The maximum absolute atomic E-state index is 4.73. The maximum atomic E-state index is 4.73. The predicted molar refractivity (Wildman–Crippen MR) is 99.2 cm³/mol. The number of hydrogen-bond acceptors (Lipinski definition) is 6. The number of fused-ring (bicyclic) bond motifs is 1. The van der Waals surface area contributed by atoms with Crippen LogP contribution >= 0.6 is 0 Å². The molecule has 0 amide bonds. The van der Waals surface area contributed by atoms with Crippen molar-refractivity contribution in [2.75, 3.05) is 36.0 Å². The lowest BCUT2D eigenvalue weighted by Gasteiger charge is -2.37. The summed E-state index contributed by atoms with van der Waals surface area (Å²) in [7, 11) is 0. The molecule has 7 nitrogen and oxygen atoms in total. The van der Waals surface area contributed by atoms with Crippen molar-refractivity contribution in [2.24, 2.45) is 0 Å². The number of rotatable bonds is 3. The Morgan fingerprint density at radius 3 is 2.44 bits per heavy atom. The minimum absolute atomic E-state index is 0.844. The van der Waals surface area contributed by atoms with Crippen molar-refractivity contribution in [1.82, 2.24) is 24.9 Å². The lowest BCUT2D eigenvalue weighted by molar-refractivity contribution is 0.637. The van der Waals surface area contributed by atoms with Crippen LogP contribution < -0.4 is 9.80 Å². The van der Waals surface area contributed by atoms with Gasteiger partial charge in [0.25, 0.3) is 0 Å². The Bertz CT molecular complexity index is 894. The number of hydrogen-bond donors (Lipinski definition) is 1. The van der Waals surface area contributed by atoms with Gasteiger partial charge >= 0.3 is 0 Å². The number of aryl methyl sites for hydroxylation is 2. The van der Waals surface area contributed by atoms with Crippen LogP contribution in [0.25, 0.3) is 11.0 Å². The van der Waals surface area contributed by atoms with E-state index in [1.807, 2.05) is 19.2 Å². The Morgan fingerprint density at radius 1 is 1.00 bits per heavy atom. The second kappa shape index (κ2) is 6.31. The van der Waals surface area contributed by atoms with Crippen LogP contribution in [-0.2, 0) is 6.42 Å². The summed E-state index contributed by atoms with van der Waals surface area (Å²) in [5, 5.41) is 1.08. The van der Waals surface area contributed by atoms with Crippen LogP contribution in [0.5, 0.6) is 0 Å². The second-order valence-electron chi connectivity index (χ2n) is 6.42. The number of H-pyrrole nitrogens is 1. The van der Waals surface area contributed by atoms with Gasteiger partial charge in [-0.1, -0.05) is 6.92 Å². The van der Waals surface area contributed by atoms with Gasteiger partial charge in [-0.05, 0) is 26.3 Å². The van der Waals surface area contributed by atoms with Gasteiger partial charge < -0.3 is 14.8 Å². The highest BCUT2D eigenvalue weighted by Gasteiger charge is 2.23. The number of piperazine rings is 1. The molecule has 1 aliphatic rings. The van der Waals surface area contributed by atoms with Crippen LogP contribution in [0.1, 0.15) is 24.0 Å². The minimum Gasteiger partial charge on any atom is -0.353 e. The largest absolute Gasteiger partial charge is 0.353 e. The Balaban J connectivity index is 1.57. The van der Waals surface area contributed by atoms with E-state index in [1.165, 1.54) is 5.56 Å². The van der Waals surface area contributed by atoms with E-state index in [1.54, 1.807) is 6.33 Å². The Hall–Kier alpha value is -2.70. The second-order valence-corrected chi connectivity index (χ2v) is 6.42. The number of aromatic amines is 1. The first-order valence-corrected chi connectivity index (χ1v) is 8.79. The molecule has 0 saturated carbocycles.